The van der Waals surface area contributed by atoms with Crippen LogP contribution in [-0.2, 0) is 15.8 Å². The van der Waals surface area contributed by atoms with E-state index < -0.39 is 17.6 Å². The van der Waals surface area contributed by atoms with E-state index in [1.165, 1.54) is 13.0 Å². The summed E-state index contributed by atoms with van der Waals surface area (Å²) in [4.78, 5) is 24.2. The Morgan fingerprint density at radius 1 is 1.30 bits per heavy atom. The van der Waals surface area contributed by atoms with Crippen LogP contribution in [0.4, 0.5) is 18.9 Å². The Morgan fingerprint density at radius 3 is 2.39 bits per heavy atom. The highest BCUT2D eigenvalue weighted by atomic mass is 35.5. The van der Waals surface area contributed by atoms with Crippen LogP contribution in [0.2, 0.25) is 5.02 Å². The number of carbonyl (C=O) groups excluding carboxylic acids is 2. The zero-order valence-corrected chi connectivity index (χ0v) is 13.8. The highest BCUT2D eigenvalue weighted by Gasteiger charge is 2.35. The van der Waals surface area contributed by atoms with Crippen LogP contribution in [0.1, 0.15) is 26.3 Å². The minimum atomic E-state index is -4.64. The molecule has 8 heteroatoms. The maximum atomic E-state index is 13.1. The van der Waals surface area contributed by atoms with E-state index in [1.807, 2.05) is 0 Å². The first kappa shape index (κ1) is 19.3. The lowest BCUT2D eigenvalue weighted by Crippen LogP contribution is -2.39. The molecule has 0 radical (unpaired) electrons. The molecule has 0 unspecified atom stereocenters. The molecule has 0 saturated heterocycles. The SMILES string of the molecule is CC(=O)N(CCNC(=O)C(C)C)c1ccc(Cl)cc1C(F)(F)F. The molecule has 0 aromatic heterocycles. The number of benzene rings is 1. The summed E-state index contributed by atoms with van der Waals surface area (Å²) in [7, 11) is 0. The van der Waals surface area contributed by atoms with E-state index in [0.717, 1.165) is 17.0 Å². The summed E-state index contributed by atoms with van der Waals surface area (Å²) in [6, 6.07) is 3.21. The van der Waals surface area contributed by atoms with E-state index in [9.17, 15) is 22.8 Å². The van der Waals surface area contributed by atoms with Gasteiger partial charge in [0.1, 0.15) is 0 Å². The van der Waals surface area contributed by atoms with Crippen LogP contribution in [0, 0.1) is 5.92 Å². The Balaban J connectivity index is 3.03. The quantitative estimate of drug-likeness (QED) is 0.883. The lowest BCUT2D eigenvalue weighted by molar-refractivity contribution is -0.137. The van der Waals surface area contributed by atoms with Crippen LogP contribution >= 0.6 is 11.6 Å². The van der Waals surface area contributed by atoms with Gasteiger partial charge in [-0.1, -0.05) is 25.4 Å². The molecule has 0 atom stereocenters. The number of alkyl halides is 3. The second kappa shape index (κ2) is 7.68. The third kappa shape index (κ3) is 5.42. The normalized spacial score (nSPS) is 11.5. The molecule has 128 valence electrons. The average molecular weight is 351 g/mol. The zero-order valence-electron chi connectivity index (χ0n) is 13.0. The number of anilines is 1. The van der Waals surface area contributed by atoms with E-state index in [2.05, 4.69) is 5.32 Å². The number of halogens is 4. The molecule has 0 spiro atoms. The van der Waals surface area contributed by atoms with Gasteiger partial charge in [-0.05, 0) is 18.2 Å². The molecule has 1 aromatic rings. The predicted molar refractivity (Wildman–Crippen MR) is 82.3 cm³/mol. The molecule has 0 aliphatic carbocycles. The van der Waals surface area contributed by atoms with Crippen molar-refractivity contribution in [1.29, 1.82) is 0 Å². The smallest absolute Gasteiger partial charge is 0.354 e. The van der Waals surface area contributed by atoms with Crippen molar-refractivity contribution in [1.82, 2.24) is 5.32 Å². The number of nitrogens with zero attached hydrogens (tertiary/aromatic N) is 1. The van der Waals surface area contributed by atoms with Crippen molar-refractivity contribution in [2.24, 2.45) is 5.92 Å². The molecule has 1 aromatic carbocycles. The van der Waals surface area contributed by atoms with Gasteiger partial charge in [-0.15, -0.1) is 0 Å². The Hall–Kier alpha value is -1.76. The molecule has 23 heavy (non-hydrogen) atoms. The van der Waals surface area contributed by atoms with Gasteiger partial charge in [-0.25, -0.2) is 0 Å². The molecule has 0 saturated carbocycles. The topological polar surface area (TPSA) is 49.4 Å². The van der Waals surface area contributed by atoms with Crippen LogP contribution in [0.5, 0.6) is 0 Å². The van der Waals surface area contributed by atoms with E-state index in [1.54, 1.807) is 13.8 Å². The van der Waals surface area contributed by atoms with Crippen molar-refractivity contribution in [2.45, 2.75) is 26.9 Å². The first-order valence-corrected chi connectivity index (χ1v) is 7.34. The van der Waals surface area contributed by atoms with Gasteiger partial charge in [-0.3, -0.25) is 9.59 Å². The van der Waals surface area contributed by atoms with E-state index >= 15 is 0 Å². The zero-order chi connectivity index (χ0) is 17.8. The molecule has 0 bridgehead atoms. The Labute approximate surface area is 137 Å². The number of nitrogens with one attached hydrogen (secondary N) is 1. The minimum absolute atomic E-state index is 0.0521. The summed E-state index contributed by atoms with van der Waals surface area (Å²) in [5.74, 6) is -1.04. The summed E-state index contributed by atoms with van der Waals surface area (Å²) in [6.07, 6.45) is -4.64. The number of carbonyl (C=O) groups is 2. The number of hydrogen-bond acceptors (Lipinski definition) is 2. The average Bonchev–Trinajstić information content (AvgIpc) is 2.42. The first-order valence-electron chi connectivity index (χ1n) is 6.96. The van der Waals surface area contributed by atoms with Crippen LogP contribution < -0.4 is 10.2 Å². The highest BCUT2D eigenvalue weighted by Crippen LogP contribution is 2.38. The van der Waals surface area contributed by atoms with Gasteiger partial charge in [-0.2, -0.15) is 13.2 Å². The second-order valence-corrected chi connectivity index (χ2v) is 5.71. The Kier molecular flexibility index (Phi) is 6.44. The fourth-order valence-corrected chi connectivity index (χ4v) is 2.09. The lowest BCUT2D eigenvalue weighted by atomic mass is 10.1. The molecule has 4 nitrogen and oxygen atoms in total. The van der Waals surface area contributed by atoms with Gasteiger partial charge in [0.25, 0.3) is 0 Å². The maximum Gasteiger partial charge on any atom is 0.418 e. The molecule has 0 fully saturated rings. The number of amides is 2. The van der Waals surface area contributed by atoms with E-state index in [-0.39, 0.29) is 35.6 Å². The number of hydrogen-bond donors (Lipinski definition) is 1. The summed E-state index contributed by atoms with van der Waals surface area (Å²) in [5, 5.41) is 2.50. The molecule has 1 rings (SSSR count). The molecular formula is C15H18ClF3N2O2. The molecule has 1 N–H and O–H groups in total. The van der Waals surface area contributed by atoms with Gasteiger partial charge in [0.15, 0.2) is 0 Å². The third-order valence-corrected chi connectivity index (χ3v) is 3.33. The lowest BCUT2D eigenvalue weighted by Gasteiger charge is -2.25. The van der Waals surface area contributed by atoms with Gasteiger partial charge in [0, 0.05) is 31.0 Å². The molecule has 0 aliphatic heterocycles. The summed E-state index contributed by atoms with van der Waals surface area (Å²) < 4.78 is 39.4. The summed E-state index contributed by atoms with van der Waals surface area (Å²) in [5.41, 5.74) is -1.27. The third-order valence-electron chi connectivity index (χ3n) is 3.09. The van der Waals surface area contributed by atoms with E-state index in [0.29, 0.717) is 0 Å². The van der Waals surface area contributed by atoms with Crippen molar-refractivity contribution < 1.29 is 22.8 Å². The molecule has 2 amide bonds. The van der Waals surface area contributed by atoms with Crippen molar-refractivity contribution >= 4 is 29.1 Å². The fraction of sp³-hybridized carbons (Fsp3) is 0.467. The summed E-state index contributed by atoms with van der Waals surface area (Å²) >= 11 is 5.63. The van der Waals surface area contributed by atoms with Crippen molar-refractivity contribution in [3.8, 4) is 0 Å². The fourth-order valence-electron chi connectivity index (χ4n) is 1.91. The van der Waals surface area contributed by atoms with Gasteiger partial charge < -0.3 is 10.2 Å². The summed E-state index contributed by atoms with van der Waals surface area (Å²) in [6.45, 7) is 4.53. The molecule has 0 heterocycles. The van der Waals surface area contributed by atoms with Crippen molar-refractivity contribution in [3.63, 3.8) is 0 Å². The van der Waals surface area contributed by atoms with Gasteiger partial charge in [0.2, 0.25) is 11.8 Å². The van der Waals surface area contributed by atoms with Gasteiger partial charge in [0.05, 0.1) is 11.3 Å². The van der Waals surface area contributed by atoms with Crippen molar-refractivity contribution in [3.05, 3.63) is 28.8 Å². The standard InChI is InChI=1S/C15H18ClF3N2O2/c1-9(2)14(23)20-6-7-21(10(3)22)13-5-4-11(16)8-12(13)15(17,18)19/h4-5,8-9H,6-7H2,1-3H3,(H,20,23). The van der Waals surface area contributed by atoms with E-state index in [4.69, 9.17) is 11.6 Å². The maximum absolute atomic E-state index is 13.1. The predicted octanol–water partition coefficient (Wildman–Crippen LogP) is 3.48. The highest BCUT2D eigenvalue weighted by molar-refractivity contribution is 6.30. The molecule has 0 aliphatic rings. The second-order valence-electron chi connectivity index (χ2n) is 5.28. The monoisotopic (exact) mass is 350 g/mol. The Bertz CT molecular complexity index is 589. The van der Waals surface area contributed by atoms with Crippen LogP contribution in [0.3, 0.4) is 0 Å². The van der Waals surface area contributed by atoms with Crippen LogP contribution in [-0.4, -0.2) is 24.9 Å². The van der Waals surface area contributed by atoms with Gasteiger partial charge >= 0.3 is 6.18 Å². The first-order chi connectivity index (χ1) is 10.5. The number of rotatable bonds is 5. The van der Waals surface area contributed by atoms with Crippen LogP contribution in [0.15, 0.2) is 18.2 Å². The van der Waals surface area contributed by atoms with Crippen LogP contribution in [0.25, 0.3) is 0 Å². The Morgan fingerprint density at radius 2 is 1.91 bits per heavy atom. The largest absolute Gasteiger partial charge is 0.418 e. The van der Waals surface area contributed by atoms with Crippen molar-refractivity contribution in [2.75, 3.05) is 18.0 Å². The minimum Gasteiger partial charge on any atom is -0.354 e. The molecular weight excluding hydrogens is 333 g/mol.